The summed E-state index contributed by atoms with van der Waals surface area (Å²) in [5, 5.41) is 30.9. The van der Waals surface area contributed by atoms with E-state index in [9.17, 15) is 20.1 Å². The molecule has 0 aliphatic carbocycles. The zero-order valence-electron chi connectivity index (χ0n) is 17.8. The maximum atomic E-state index is 13.2. The molecule has 0 unspecified atom stereocenters. The molecule has 0 saturated carbocycles. The zero-order valence-corrected chi connectivity index (χ0v) is 17.8. The second kappa shape index (κ2) is 7.23. The number of hydrogen-bond donors (Lipinski definition) is 3. The van der Waals surface area contributed by atoms with E-state index in [0.717, 1.165) is 22.8 Å². The molecule has 2 heterocycles. The maximum Gasteiger partial charge on any atom is 0.204 e. The second-order valence-electron chi connectivity index (χ2n) is 8.52. The monoisotopic (exact) mass is 420 g/mol. The van der Waals surface area contributed by atoms with Crippen molar-refractivity contribution in [3.8, 4) is 34.1 Å². The van der Waals surface area contributed by atoms with E-state index in [4.69, 9.17) is 9.15 Å². The van der Waals surface area contributed by atoms with Crippen molar-refractivity contribution in [3.63, 3.8) is 0 Å². The molecule has 0 bridgehead atoms. The van der Waals surface area contributed by atoms with E-state index in [1.807, 2.05) is 39.8 Å². The molecule has 2 aromatic carbocycles. The molecular weight excluding hydrogens is 396 g/mol. The van der Waals surface area contributed by atoms with Crippen LogP contribution in [0.3, 0.4) is 0 Å². The van der Waals surface area contributed by atoms with Gasteiger partial charge in [-0.2, -0.15) is 0 Å². The fraction of sp³-hybridized carbons (Fsp3) is 0.240. The molecule has 160 valence electrons. The van der Waals surface area contributed by atoms with Crippen molar-refractivity contribution in [2.75, 3.05) is 0 Å². The fourth-order valence-corrected chi connectivity index (χ4v) is 3.68. The topological polar surface area (TPSA) is 100 Å². The van der Waals surface area contributed by atoms with Crippen LogP contribution in [-0.2, 0) is 6.42 Å². The van der Waals surface area contributed by atoms with Crippen molar-refractivity contribution in [2.45, 2.75) is 39.7 Å². The van der Waals surface area contributed by atoms with Gasteiger partial charge in [-0.15, -0.1) is 0 Å². The summed E-state index contributed by atoms with van der Waals surface area (Å²) in [6.07, 6.45) is 7.72. The van der Waals surface area contributed by atoms with Crippen LogP contribution in [0.2, 0.25) is 0 Å². The summed E-state index contributed by atoms with van der Waals surface area (Å²) in [4.78, 5) is 13.2. The molecule has 3 N–H and O–H groups in total. The average Bonchev–Trinajstić information content (AvgIpc) is 2.67. The minimum absolute atomic E-state index is 0.0498. The van der Waals surface area contributed by atoms with Gasteiger partial charge in [0.25, 0.3) is 0 Å². The SMILES string of the molecule is CC(C)=CCc1cc(-c2coc3cc(O)cc(O)c3c2=O)c(O)c2c1C=CC(C)(C)O2. The molecule has 0 spiro atoms. The largest absolute Gasteiger partial charge is 0.508 e. The molecule has 1 aromatic heterocycles. The molecule has 0 atom stereocenters. The van der Waals surface area contributed by atoms with E-state index in [-0.39, 0.29) is 33.6 Å². The quantitative estimate of drug-likeness (QED) is 0.499. The fourth-order valence-electron chi connectivity index (χ4n) is 3.68. The number of benzene rings is 2. The lowest BCUT2D eigenvalue weighted by Crippen LogP contribution is -2.28. The molecule has 1 aliphatic rings. The number of phenols is 3. The average molecular weight is 420 g/mol. The van der Waals surface area contributed by atoms with Crippen molar-refractivity contribution in [1.82, 2.24) is 0 Å². The highest BCUT2D eigenvalue weighted by Crippen LogP contribution is 2.46. The first-order valence-corrected chi connectivity index (χ1v) is 9.95. The van der Waals surface area contributed by atoms with Gasteiger partial charge in [-0.3, -0.25) is 4.79 Å². The lowest BCUT2D eigenvalue weighted by Gasteiger charge is -2.30. The van der Waals surface area contributed by atoms with Gasteiger partial charge in [-0.25, -0.2) is 0 Å². The van der Waals surface area contributed by atoms with Gasteiger partial charge in [0, 0.05) is 23.3 Å². The van der Waals surface area contributed by atoms with E-state index < -0.39 is 16.8 Å². The Balaban J connectivity index is 2.01. The lowest BCUT2D eigenvalue weighted by molar-refractivity contribution is 0.153. The Morgan fingerprint density at radius 1 is 1.10 bits per heavy atom. The number of phenolic OH excluding ortho intramolecular Hbond substituents is 3. The first kappa shape index (κ1) is 20.6. The van der Waals surface area contributed by atoms with Gasteiger partial charge in [-0.05, 0) is 51.8 Å². The highest BCUT2D eigenvalue weighted by molar-refractivity contribution is 5.90. The van der Waals surface area contributed by atoms with Crippen molar-refractivity contribution in [1.29, 1.82) is 0 Å². The van der Waals surface area contributed by atoms with Crippen molar-refractivity contribution in [2.24, 2.45) is 0 Å². The predicted octanol–water partition coefficient (Wildman–Crippen LogP) is 5.27. The number of fused-ring (bicyclic) bond motifs is 2. The summed E-state index contributed by atoms with van der Waals surface area (Å²) < 4.78 is 11.6. The van der Waals surface area contributed by atoms with Crippen LogP contribution in [-0.4, -0.2) is 20.9 Å². The molecular formula is C25H24O6. The predicted molar refractivity (Wildman–Crippen MR) is 120 cm³/mol. The highest BCUT2D eigenvalue weighted by Gasteiger charge is 2.29. The Labute approximate surface area is 179 Å². The Bertz CT molecular complexity index is 1320. The van der Waals surface area contributed by atoms with Crippen LogP contribution in [0.4, 0.5) is 0 Å². The molecule has 0 radical (unpaired) electrons. The van der Waals surface area contributed by atoms with Crippen LogP contribution >= 0.6 is 0 Å². The number of ether oxygens (including phenoxy) is 1. The summed E-state index contributed by atoms with van der Waals surface area (Å²) in [6, 6.07) is 4.07. The second-order valence-corrected chi connectivity index (χ2v) is 8.52. The van der Waals surface area contributed by atoms with Crippen molar-refractivity contribution < 1.29 is 24.5 Å². The Kier molecular flexibility index (Phi) is 4.81. The van der Waals surface area contributed by atoms with Crippen LogP contribution in [0.25, 0.3) is 28.2 Å². The van der Waals surface area contributed by atoms with Crippen LogP contribution in [0.15, 0.2) is 51.4 Å². The minimum Gasteiger partial charge on any atom is -0.508 e. The Morgan fingerprint density at radius 3 is 2.55 bits per heavy atom. The van der Waals surface area contributed by atoms with Crippen LogP contribution in [0, 0.1) is 0 Å². The normalized spacial score (nSPS) is 14.2. The molecule has 0 amide bonds. The highest BCUT2D eigenvalue weighted by atomic mass is 16.5. The minimum atomic E-state index is -0.624. The third-order valence-corrected chi connectivity index (χ3v) is 5.26. The first-order valence-electron chi connectivity index (χ1n) is 9.95. The zero-order chi connectivity index (χ0) is 22.5. The lowest BCUT2D eigenvalue weighted by atomic mass is 9.91. The molecule has 6 heteroatoms. The van der Waals surface area contributed by atoms with Gasteiger partial charge >= 0.3 is 0 Å². The van der Waals surface area contributed by atoms with Gasteiger partial charge in [0.1, 0.15) is 34.3 Å². The summed E-state index contributed by atoms with van der Waals surface area (Å²) in [5.74, 6) is -0.480. The first-order chi connectivity index (χ1) is 14.6. The summed E-state index contributed by atoms with van der Waals surface area (Å²) in [7, 11) is 0. The maximum absolute atomic E-state index is 13.2. The smallest absolute Gasteiger partial charge is 0.204 e. The molecule has 0 fully saturated rings. The van der Waals surface area contributed by atoms with E-state index in [1.165, 1.54) is 12.3 Å². The third-order valence-electron chi connectivity index (χ3n) is 5.26. The van der Waals surface area contributed by atoms with Gasteiger partial charge in [-0.1, -0.05) is 17.7 Å². The van der Waals surface area contributed by atoms with Gasteiger partial charge in [0.2, 0.25) is 5.43 Å². The summed E-state index contributed by atoms with van der Waals surface area (Å²) in [6.45, 7) is 7.76. The van der Waals surface area contributed by atoms with Crippen LogP contribution < -0.4 is 10.2 Å². The van der Waals surface area contributed by atoms with E-state index in [0.29, 0.717) is 12.2 Å². The van der Waals surface area contributed by atoms with Crippen LogP contribution in [0.1, 0.15) is 38.8 Å². The Hall–Kier alpha value is -3.67. The van der Waals surface area contributed by atoms with Gasteiger partial charge in [0.05, 0.1) is 5.56 Å². The van der Waals surface area contributed by atoms with E-state index in [2.05, 4.69) is 6.08 Å². The number of allylic oxidation sites excluding steroid dienone is 2. The Morgan fingerprint density at radius 2 is 1.84 bits per heavy atom. The van der Waals surface area contributed by atoms with E-state index in [1.54, 1.807) is 6.07 Å². The van der Waals surface area contributed by atoms with Crippen LogP contribution in [0.5, 0.6) is 23.0 Å². The number of aromatic hydroxyl groups is 3. The van der Waals surface area contributed by atoms with E-state index >= 15 is 0 Å². The molecule has 1 aliphatic heterocycles. The van der Waals surface area contributed by atoms with Gasteiger partial charge in [0.15, 0.2) is 11.5 Å². The molecule has 6 nitrogen and oxygen atoms in total. The summed E-state index contributed by atoms with van der Waals surface area (Å²) in [5.41, 5.74) is 2.02. The number of hydrogen-bond acceptors (Lipinski definition) is 6. The summed E-state index contributed by atoms with van der Waals surface area (Å²) >= 11 is 0. The third kappa shape index (κ3) is 3.65. The standard InChI is InChI=1S/C25H24O6/c1-13(2)5-6-14-9-17(23(29)24-16(14)7-8-25(3,4)31-24)18-12-30-20-11-15(26)10-19(27)21(20)22(18)28/h5,7-12,26-27,29H,6H2,1-4H3. The van der Waals surface area contributed by atoms with Crippen molar-refractivity contribution in [3.05, 3.63) is 63.5 Å². The molecule has 31 heavy (non-hydrogen) atoms. The molecule has 0 saturated heterocycles. The molecule has 3 aromatic rings. The number of rotatable bonds is 3. The molecule has 4 rings (SSSR count). The van der Waals surface area contributed by atoms with Gasteiger partial charge < -0.3 is 24.5 Å². The van der Waals surface area contributed by atoms with Crippen molar-refractivity contribution >= 4 is 17.0 Å².